The lowest BCUT2D eigenvalue weighted by molar-refractivity contribution is 0.0952. The molecule has 0 radical (unpaired) electrons. The van der Waals surface area contributed by atoms with E-state index < -0.39 is 11.5 Å². The maximum atomic E-state index is 12.6. The standard InChI is InChI=1S/C20H23N3O3/c1-21-19(25)17-11-16(18(24)22-10-9-14-7-8-14)13-23(20(17)26)12-15-5-3-2-4-6-15/h2-6,11,13-14H,7-10,12H2,1H3,(H,21,25)(H,22,24). The third-order valence-corrected chi connectivity index (χ3v) is 4.55. The lowest BCUT2D eigenvalue weighted by atomic mass is 10.1. The lowest BCUT2D eigenvalue weighted by Crippen LogP contribution is -2.34. The van der Waals surface area contributed by atoms with Crippen molar-refractivity contribution in [2.75, 3.05) is 13.6 Å². The van der Waals surface area contributed by atoms with Gasteiger partial charge in [0.2, 0.25) is 0 Å². The van der Waals surface area contributed by atoms with Gasteiger partial charge in [-0.1, -0.05) is 43.2 Å². The zero-order valence-electron chi connectivity index (χ0n) is 14.8. The summed E-state index contributed by atoms with van der Waals surface area (Å²) in [5.74, 6) is -0.0363. The summed E-state index contributed by atoms with van der Waals surface area (Å²) < 4.78 is 1.41. The van der Waals surface area contributed by atoms with Gasteiger partial charge in [-0.3, -0.25) is 14.4 Å². The summed E-state index contributed by atoms with van der Waals surface area (Å²) in [7, 11) is 1.46. The zero-order chi connectivity index (χ0) is 18.5. The normalized spacial score (nSPS) is 13.3. The number of carbonyl (C=O) groups excluding carboxylic acids is 2. The van der Waals surface area contributed by atoms with Crippen molar-refractivity contribution < 1.29 is 9.59 Å². The molecule has 6 heteroatoms. The first-order valence-electron chi connectivity index (χ1n) is 8.87. The number of pyridine rings is 1. The quantitative estimate of drug-likeness (QED) is 0.796. The van der Waals surface area contributed by atoms with Crippen molar-refractivity contribution in [3.8, 4) is 0 Å². The van der Waals surface area contributed by atoms with Crippen LogP contribution in [0.4, 0.5) is 0 Å². The SMILES string of the molecule is CNC(=O)c1cc(C(=O)NCCC2CC2)cn(Cc2ccccc2)c1=O. The topological polar surface area (TPSA) is 80.2 Å². The van der Waals surface area contributed by atoms with Gasteiger partial charge in [0.15, 0.2) is 0 Å². The van der Waals surface area contributed by atoms with Crippen molar-refractivity contribution in [2.45, 2.75) is 25.8 Å². The molecule has 1 saturated carbocycles. The molecule has 2 amide bonds. The second kappa shape index (κ2) is 7.99. The smallest absolute Gasteiger partial charge is 0.263 e. The van der Waals surface area contributed by atoms with Gasteiger partial charge in [-0.15, -0.1) is 0 Å². The number of carbonyl (C=O) groups is 2. The fourth-order valence-electron chi connectivity index (χ4n) is 2.85. The number of rotatable bonds is 7. The summed E-state index contributed by atoms with van der Waals surface area (Å²) in [6.07, 6.45) is 4.96. The van der Waals surface area contributed by atoms with Crippen LogP contribution >= 0.6 is 0 Å². The second-order valence-electron chi connectivity index (χ2n) is 6.63. The number of benzene rings is 1. The molecule has 1 heterocycles. The Kier molecular flexibility index (Phi) is 5.51. The van der Waals surface area contributed by atoms with Crippen LogP contribution in [0.1, 0.15) is 45.5 Å². The highest BCUT2D eigenvalue weighted by atomic mass is 16.2. The van der Waals surface area contributed by atoms with Gasteiger partial charge in [-0.2, -0.15) is 0 Å². The molecule has 1 aliphatic rings. The van der Waals surface area contributed by atoms with Crippen LogP contribution in [0.3, 0.4) is 0 Å². The first-order valence-corrected chi connectivity index (χ1v) is 8.87. The molecule has 0 aliphatic heterocycles. The van der Waals surface area contributed by atoms with Crippen molar-refractivity contribution in [3.63, 3.8) is 0 Å². The molecule has 2 N–H and O–H groups in total. The van der Waals surface area contributed by atoms with Gasteiger partial charge in [-0.25, -0.2) is 0 Å². The summed E-state index contributed by atoms with van der Waals surface area (Å²) >= 11 is 0. The van der Waals surface area contributed by atoms with E-state index in [2.05, 4.69) is 10.6 Å². The van der Waals surface area contributed by atoms with Crippen molar-refractivity contribution in [3.05, 3.63) is 69.6 Å². The molecule has 0 atom stereocenters. The number of hydrogen-bond donors (Lipinski definition) is 2. The van der Waals surface area contributed by atoms with E-state index in [1.54, 1.807) is 0 Å². The van der Waals surface area contributed by atoms with E-state index in [-0.39, 0.29) is 11.5 Å². The zero-order valence-corrected chi connectivity index (χ0v) is 14.8. The Labute approximate surface area is 152 Å². The van der Waals surface area contributed by atoms with Gasteiger partial charge < -0.3 is 15.2 Å². The highest BCUT2D eigenvalue weighted by molar-refractivity contribution is 5.99. The Bertz CT molecular complexity index is 854. The van der Waals surface area contributed by atoms with E-state index in [0.717, 1.165) is 17.9 Å². The molecule has 0 spiro atoms. The molecule has 2 aromatic rings. The van der Waals surface area contributed by atoms with Crippen LogP contribution in [0.5, 0.6) is 0 Å². The third kappa shape index (κ3) is 4.39. The molecule has 3 rings (SSSR count). The average molecular weight is 353 g/mol. The van der Waals surface area contributed by atoms with Gasteiger partial charge >= 0.3 is 0 Å². The van der Waals surface area contributed by atoms with Crippen LogP contribution in [-0.4, -0.2) is 30.0 Å². The molecule has 1 aromatic heterocycles. The Balaban J connectivity index is 1.87. The van der Waals surface area contributed by atoms with Crippen molar-refractivity contribution in [1.82, 2.24) is 15.2 Å². The van der Waals surface area contributed by atoms with Gasteiger partial charge in [0, 0.05) is 19.8 Å². The Morgan fingerprint density at radius 1 is 1.15 bits per heavy atom. The first-order chi connectivity index (χ1) is 12.6. The number of nitrogens with one attached hydrogen (secondary N) is 2. The summed E-state index contributed by atoms with van der Waals surface area (Å²) in [6, 6.07) is 10.8. The average Bonchev–Trinajstić information content (AvgIpc) is 3.48. The van der Waals surface area contributed by atoms with Gasteiger partial charge in [0.1, 0.15) is 5.56 Å². The van der Waals surface area contributed by atoms with Gasteiger partial charge in [-0.05, 0) is 24.0 Å². The molecule has 0 bridgehead atoms. The van der Waals surface area contributed by atoms with Crippen LogP contribution in [-0.2, 0) is 6.54 Å². The molecule has 6 nitrogen and oxygen atoms in total. The lowest BCUT2D eigenvalue weighted by Gasteiger charge is -2.12. The minimum absolute atomic E-state index is 0.0294. The molecular weight excluding hydrogens is 330 g/mol. The number of amides is 2. The van der Waals surface area contributed by atoms with E-state index in [1.807, 2.05) is 30.3 Å². The molecule has 0 saturated heterocycles. The van der Waals surface area contributed by atoms with E-state index in [4.69, 9.17) is 0 Å². The minimum atomic E-state index is -0.496. The summed E-state index contributed by atoms with van der Waals surface area (Å²) in [4.78, 5) is 37.2. The van der Waals surface area contributed by atoms with Crippen molar-refractivity contribution in [1.29, 1.82) is 0 Å². The largest absolute Gasteiger partial charge is 0.355 e. The molecular formula is C20H23N3O3. The maximum Gasteiger partial charge on any atom is 0.263 e. The molecule has 1 aliphatic carbocycles. The molecule has 136 valence electrons. The van der Waals surface area contributed by atoms with Crippen LogP contribution in [0.15, 0.2) is 47.4 Å². The number of nitrogens with zero attached hydrogens (tertiary/aromatic N) is 1. The highest BCUT2D eigenvalue weighted by Crippen LogP contribution is 2.31. The monoisotopic (exact) mass is 353 g/mol. The Morgan fingerprint density at radius 3 is 2.54 bits per heavy atom. The maximum absolute atomic E-state index is 12.6. The fourth-order valence-corrected chi connectivity index (χ4v) is 2.85. The Morgan fingerprint density at radius 2 is 1.88 bits per heavy atom. The van der Waals surface area contributed by atoms with E-state index in [1.165, 1.54) is 36.7 Å². The first kappa shape index (κ1) is 17.9. The molecule has 0 unspecified atom stereocenters. The summed E-state index contributed by atoms with van der Waals surface area (Å²) in [5.41, 5.74) is 0.791. The number of aromatic nitrogens is 1. The van der Waals surface area contributed by atoms with Crippen LogP contribution < -0.4 is 16.2 Å². The van der Waals surface area contributed by atoms with E-state index in [9.17, 15) is 14.4 Å². The van der Waals surface area contributed by atoms with E-state index in [0.29, 0.717) is 18.7 Å². The Hall–Kier alpha value is -2.89. The predicted octanol–water partition coefficient (Wildman–Crippen LogP) is 1.79. The third-order valence-electron chi connectivity index (χ3n) is 4.55. The van der Waals surface area contributed by atoms with Crippen molar-refractivity contribution >= 4 is 11.8 Å². The van der Waals surface area contributed by atoms with Crippen LogP contribution in [0.25, 0.3) is 0 Å². The van der Waals surface area contributed by atoms with Gasteiger partial charge in [0.25, 0.3) is 17.4 Å². The highest BCUT2D eigenvalue weighted by Gasteiger charge is 2.21. The van der Waals surface area contributed by atoms with Crippen LogP contribution in [0.2, 0.25) is 0 Å². The van der Waals surface area contributed by atoms with Gasteiger partial charge in [0.05, 0.1) is 12.1 Å². The molecule has 1 aromatic carbocycles. The second-order valence-corrected chi connectivity index (χ2v) is 6.63. The molecule has 1 fully saturated rings. The molecule has 26 heavy (non-hydrogen) atoms. The predicted molar refractivity (Wildman–Crippen MR) is 99.3 cm³/mol. The van der Waals surface area contributed by atoms with Crippen LogP contribution in [0, 0.1) is 5.92 Å². The summed E-state index contributed by atoms with van der Waals surface area (Å²) in [6.45, 7) is 0.906. The summed E-state index contributed by atoms with van der Waals surface area (Å²) in [5, 5.41) is 5.34. The minimum Gasteiger partial charge on any atom is -0.355 e. The van der Waals surface area contributed by atoms with E-state index >= 15 is 0 Å². The van der Waals surface area contributed by atoms with Crippen molar-refractivity contribution in [2.24, 2.45) is 5.92 Å². The fraction of sp³-hybridized carbons (Fsp3) is 0.350. The number of hydrogen-bond acceptors (Lipinski definition) is 3.